The lowest BCUT2D eigenvalue weighted by Gasteiger charge is -2.22. The summed E-state index contributed by atoms with van der Waals surface area (Å²) >= 11 is 1.09. The van der Waals surface area contributed by atoms with Crippen molar-refractivity contribution in [3.8, 4) is 11.3 Å². The maximum atomic E-state index is 13.4. The van der Waals surface area contributed by atoms with Gasteiger partial charge in [-0.1, -0.05) is 0 Å². The molecule has 0 bridgehead atoms. The fourth-order valence-electron chi connectivity index (χ4n) is 3.00. The van der Waals surface area contributed by atoms with Gasteiger partial charge in [0, 0.05) is 17.5 Å². The molecule has 2 amide bonds. The van der Waals surface area contributed by atoms with Crippen molar-refractivity contribution in [2.24, 2.45) is 5.73 Å². The van der Waals surface area contributed by atoms with E-state index < -0.39 is 29.5 Å². The van der Waals surface area contributed by atoms with Gasteiger partial charge in [-0.2, -0.15) is 13.2 Å². The van der Waals surface area contributed by atoms with Crippen molar-refractivity contribution in [1.29, 1.82) is 0 Å². The molecule has 0 spiro atoms. The molecule has 1 aromatic carbocycles. The lowest BCUT2D eigenvalue weighted by Crippen LogP contribution is -2.45. The van der Waals surface area contributed by atoms with Crippen LogP contribution >= 0.6 is 11.3 Å². The maximum absolute atomic E-state index is 13.4. The lowest BCUT2D eigenvalue weighted by molar-refractivity contribution is -0.140. The number of benzene rings is 1. The number of nitrogens with zero attached hydrogens (tertiary/aromatic N) is 2. The molecule has 2 heterocycles. The van der Waals surface area contributed by atoms with Gasteiger partial charge in [0.15, 0.2) is 5.13 Å². The summed E-state index contributed by atoms with van der Waals surface area (Å²) in [5.41, 5.74) is 4.25. The number of thiazole rings is 1. The quantitative estimate of drug-likeness (QED) is 0.734. The largest absolute Gasteiger partial charge is 0.419 e. The third-order valence-corrected chi connectivity index (χ3v) is 5.16. The summed E-state index contributed by atoms with van der Waals surface area (Å²) < 4.78 is 52.0. The Morgan fingerprint density at radius 3 is 2.79 bits per heavy atom. The number of halogens is 4. The first-order chi connectivity index (χ1) is 13.2. The number of nitrogens with two attached hydrogens (primary N) is 1. The van der Waals surface area contributed by atoms with Gasteiger partial charge in [-0.15, -0.1) is 11.3 Å². The molecule has 28 heavy (non-hydrogen) atoms. The molecular formula is C17H16F4N4O2S. The fourth-order valence-corrected chi connectivity index (χ4v) is 3.72. The monoisotopic (exact) mass is 416 g/mol. The van der Waals surface area contributed by atoms with Gasteiger partial charge < -0.3 is 16.0 Å². The summed E-state index contributed by atoms with van der Waals surface area (Å²) in [4.78, 5) is 29.2. The number of amides is 2. The molecule has 1 aromatic heterocycles. The molecule has 0 aliphatic carbocycles. The Morgan fingerprint density at radius 2 is 2.11 bits per heavy atom. The lowest BCUT2D eigenvalue weighted by atomic mass is 10.1. The van der Waals surface area contributed by atoms with Crippen LogP contribution in [0.2, 0.25) is 0 Å². The minimum Gasteiger partial charge on any atom is -0.368 e. The Labute approximate surface area is 161 Å². The molecule has 0 saturated carbocycles. The summed E-state index contributed by atoms with van der Waals surface area (Å²) in [5, 5.41) is 4.61. The number of rotatable bonds is 5. The number of carbonyl (C=O) groups is 2. The highest BCUT2D eigenvalue weighted by Gasteiger charge is 2.34. The zero-order valence-electron chi connectivity index (χ0n) is 14.4. The standard InChI is InChI=1S/C17H16F4N4O2S/c18-11-4-3-9(6-10(11)17(19,20)21)12-8-28-16(24-12)23-7-14(26)25-5-1-2-13(25)15(22)27/h3-4,6,8,13H,1-2,5,7H2,(H2,22,27)(H,23,24)/t13-/m0/s1. The van der Waals surface area contributed by atoms with Crippen LogP contribution in [0.4, 0.5) is 22.7 Å². The van der Waals surface area contributed by atoms with Crippen LogP contribution in [0, 0.1) is 5.82 Å². The van der Waals surface area contributed by atoms with E-state index in [1.807, 2.05) is 0 Å². The van der Waals surface area contributed by atoms with Crippen molar-refractivity contribution in [1.82, 2.24) is 9.88 Å². The van der Waals surface area contributed by atoms with Crippen LogP contribution < -0.4 is 11.1 Å². The second-order valence-corrected chi connectivity index (χ2v) is 7.09. The summed E-state index contributed by atoms with van der Waals surface area (Å²) in [7, 11) is 0. The SMILES string of the molecule is NC(=O)[C@@H]1CCCN1C(=O)CNc1nc(-c2ccc(F)c(C(F)(F)F)c2)cs1. The molecular weight excluding hydrogens is 400 g/mol. The predicted octanol–water partition coefficient (Wildman–Crippen LogP) is 2.86. The van der Waals surface area contributed by atoms with E-state index in [0.29, 0.717) is 30.6 Å². The number of anilines is 1. The Hall–Kier alpha value is -2.69. The number of likely N-dealkylation sites (tertiary alicyclic amines) is 1. The summed E-state index contributed by atoms with van der Waals surface area (Å²) in [5.74, 6) is -2.23. The van der Waals surface area contributed by atoms with Gasteiger partial charge in [0.1, 0.15) is 11.9 Å². The Balaban J connectivity index is 1.68. The van der Waals surface area contributed by atoms with E-state index in [9.17, 15) is 27.2 Å². The van der Waals surface area contributed by atoms with Crippen LogP contribution in [-0.4, -0.2) is 40.8 Å². The minimum atomic E-state index is -4.81. The fraction of sp³-hybridized carbons (Fsp3) is 0.353. The van der Waals surface area contributed by atoms with E-state index in [4.69, 9.17) is 5.73 Å². The third-order valence-electron chi connectivity index (χ3n) is 4.36. The van der Waals surface area contributed by atoms with Crippen LogP contribution in [0.5, 0.6) is 0 Å². The summed E-state index contributed by atoms with van der Waals surface area (Å²) in [6, 6.07) is 2.02. The summed E-state index contributed by atoms with van der Waals surface area (Å²) in [6.07, 6.45) is -3.60. The Bertz CT molecular complexity index is 900. The molecule has 11 heteroatoms. The molecule has 0 unspecified atom stereocenters. The zero-order chi connectivity index (χ0) is 20.5. The van der Waals surface area contributed by atoms with Crippen molar-refractivity contribution in [3.05, 3.63) is 35.0 Å². The van der Waals surface area contributed by atoms with Crippen molar-refractivity contribution in [2.45, 2.75) is 25.1 Å². The van der Waals surface area contributed by atoms with Crippen molar-refractivity contribution < 1.29 is 27.2 Å². The van der Waals surface area contributed by atoms with Gasteiger partial charge in [0.2, 0.25) is 11.8 Å². The van der Waals surface area contributed by atoms with Gasteiger partial charge in [-0.3, -0.25) is 9.59 Å². The molecule has 1 aliphatic rings. The number of aromatic nitrogens is 1. The normalized spacial score (nSPS) is 17.0. The van der Waals surface area contributed by atoms with Gasteiger partial charge in [-0.05, 0) is 31.0 Å². The molecule has 1 aliphatic heterocycles. The van der Waals surface area contributed by atoms with Crippen LogP contribution in [0.15, 0.2) is 23.6 Å². The second kappa shape index (κ2) is 7.74. The van der Waals surface area contributed by atoms with Gasteiger partial charge >= 0.3 is 6.18 Å². The average Bonchev–Trinajstić information content (AvgIpc) is 3.28. The Kier molecular flexibility index (Phi) is 5.54. The second-order valence-electron chi connectivity index (χ2n) is 6.23. The molecule has 150 valence electrons. The van der Waals surface area contributed by atoms with Gasteiger partial charge in [-0.25, -0.2) is 9.37 Å². The first-order valence-corrected chi connectivity index (χ1v) is 9.20. The number of hydrogen-bond acceptors (Lipinski definition) is 5. The number of alkyl halides is 3. The summed E-state index contributed by atoms with van der Waals surface area (Å²) in [6.45, 7) is 0.307. The van der Waals surface area contributed by atoms with Gasteiger partial charge in [0.05, 0.1) is 17.8 Å². The van der Waals surface area contributed by atoms with E-state index in [0.717, 1.165) is 17.4 Å². The first kappa shape index (κ1) is 20.1. The molecule has 3 rings (SSSR count). The highest BCUT2D eigenvalue weighted by atomic mass is 32.1. The van der Waals surface area contributed by atoms with Crippen LogP contribution in [0.1, 0.15) is 18.4 Å². The minimum absolute atomic E-state index is 0.109. The van der Waals surface area contributed by atoms with Crippen molar-refractivity contribution in [2.75, 3.05) is 18.4 Å². The number of nitrogens with one attached hydrogen (secondary N) is 1. The van der Waals surface area contributed by atoms with Crippen LogP contribution in [-0.2, 0) is 15.8 Å². The zero-order valence-corrected chi connectivity index (χ0v) is 15.2. The van der Waals surface area contributed by atoms with Crippen molar-refractivity contribution >= 4 is 28.3 Å². The van der Waals surface area contributed by atoms with Gasteiger partial charge in [0.25, 0.3) is 0 Å². The third kappa shape index (κ3) is 4.24. The van der Waals surface area contributed by atoms with Crippen LogP contribution in [0.3, 0.4) is 0 Å². The highest BCUT2D eigenvalue weighted by Crippen LogP contribution is 2.35. The van der Waals surface area contributed by atoms with E-state index in [2.05, 4.69) is 10.3 Å². The molecule has 1 fully saturated rings. The number of primary amides is 1. The molecule has 1 saturated heterocycles. The smallest absolute Gasteiger partial charge is 0.368 e. The molecule has 2 aromatic rings. The number of carbonyl (C=O) groups excluding carboxylic acids is 2. The molecule has 3 N–H and O–H groups in total. The first-order valence-electron chi connectivity index (χ1n) is 8.32. The van der Waals surface area contributed by atoms with Crippen LogP contribution in [0.25, 0.3) is 11.3 Å². The molecule has 0 radical (unpaired) electrons. The molecule has 6 nitrogen and oxygen atoms in total. The topological polar surface area (TPSA) is 88.3 Å². The van der Waals surface area contributed by atoms with E-state index in [1.54, 1.807) is 0 Å². The average molecular weight is 416 g/mol. The highest BCUT2D eigenvalue weighted by molar-refractivity contribution is 7.14. The Morgan fingerprint density at radius 1 is 1.36 bits per heavy atom. The van der Waals surface area contributed by atoms with E-state index >= 15 is 0 Å². The van der Waals surface area contributed by atoms with E-state index in [-0.39, 0.29) is 23.7 Å². The van der Waals surface area contributed by atoms with Crippen molar-refractivity contribution in [3.63, 3.8) is 0 Å². The molecule has 1 atom stereocenters. The number of hydrogen-bond donors (Lipinski definition) is 2. The predicted molar refractivity (Wildman–Crippen MR) is 94.9 cm³/mol. The van der Waals surface area contributed by atoms with E-state index in [1.165, 1.54) is 16.3 Å². The maximum Gasteiger partial charge on any atom is 0.419 e.